The van der Waals surface area contributed by atoms with Crippen LogP contribution >= 0.6 is 0 Å². The zero-order valence-electron chi connectivity index (χ0n) is 14.1. The highest BCUT2D eigenvalue weighted by Gasteiger charge is 2.37. The Labute approximate surface area is 129 Å². The first-order chi connectivity index (χ1) is 10.0. The first-order valence-electron chi connectivity index (χ1n) is 8.54. The molecule has 2 fully saturated rings. The molecule has 2 aliphatic heterocycles. The Morgan fingerprint density at radius 2 is 1.62 bits per heavy atom. The lowest BCUT2D eigenvalue weighted by Gasteiger charge is -2.36. The Kier molecular flexibility index (Phi) is 4.37. The molecule has 2 bridgehead atoms. The van der Waals surface area contributed by atoms with Gasteiger partial charge < -0.3 is 10.2 Å². The Hall–Kier alpha value is -0.860. The summed E-state index contributed by atoms with van der Waals surface area (Å²) in [5.74, 6) is 0.880. The Morgan fingerprint density at radius 1 is 1.00 bits per heavy atom. The third-order valence-electron chi connectivity index (χ3n) is 5.90. The van der Waals surface area contributed by atoms with Crippen LogP contribution < -0.4 is 5.32 Å². The topological polar surface area (TPSA) is 15.3 Å². The molecule has 2 heterocycles. The van der Waals surface area contributed by atoms with Crippen molar-refractivity contribution in [3.63, 3.8) is 0 Å². The van der Waals surface area contributed by atoms with Crippen molar-refractivity contribution in [1.29, 1.82) is 0 Å². The summed E-state index contributed by atoms with van der Waals surface area (Å²) < 4.78 is 0. The highest BCUT2D eigenvalue weighted by molar-refractivity contribution is 5.36. The van der Waals surface area contributed by atoms with Crippen molar-refractivity contribution in [2.75, 3.05) is 13.6 Å². The largest absolute Gasteiger partial charge is 0.312 e. The number of benzene rings is 1. The molecule has 0 aromatic heterocycles. The average Bonchev–Trinajstić information content (AvgIpc) is 2.66. The van der Waals surface area contributed by atoms with Gasteiger partial charge in [-0.2, -0.15) is 0 Å². The van der Waals surface area contributed by atoms with Gasteiger partial charge in [-0.05, 0) is 88.2 Å². The summed E-state index contributed by atoms with van der Waals surface area (Å²) in [7, 11) is 2.32. The van der Waals surface area contributed by atoms with Crippen LogP contribution in [0.5, 0.6) is 0 Å². The highest BCUT2D eigenvalue weighted by atomic mass is 15.2. The minimum atomic E-state index is 0.860. The summed E-state index contributed by atoms with van der Waals surface area (Å²) in [6.45, 7) is 8.86. The third kappa shape index (κ3) is 3.17. The molecule has 2 saturated heterocycles. The average molecular weight is 286 g/mol. The summed E-state index contributed by atoms with van der Waals surface area (Å²) >= 11 is 0. The number of aryl methyl sites for hydroxylation is 3. The van der Waals surface area contributed by atoms with Crippen LogP contribution in [0.1, 0.15) is 47.9 Å². The number of rotatable bonds is 4. The predicted octanol–water partition coefficient (Wildman–Crippen LogP) is 3.57. The van der Waals surface area contributed by atoms with Crippen molar-refractivity contribution in [2.24, 2.45) is 5.92 Å². The van der Waals surface area contributed by atoms with E-state index in [4.69, 9.17) is 0 Å². The number of piperidine rings is 1. The van der Waals surface area contributed by atoms with E-state index < -0.39 is 0 Å². The van der Waals surface area contributed by atoms with Crippen molar-refractivity contribution in [1.82, 2.24) is 10.2 Å². The summed E-state index contributed by atoms with van der Waals surface area (Å²) in [4.78, 5) is 2.63. The van der Waals surface area contributed by atoms with Crippen molar-refractivity contribution in [3.8, 4) is 0 Å². The van der Waals surface area contributed by atoms with Crippen LogP contribution in [-0.2, 0) is 6.54 Å². The predicted molar refractivity (Wildman–Crippen MR) is 89.7 cm³/mol. The normalized spacial score (nSPS) is 29.0. The number of hydrogen-bond donors (Lipinski definition) is 1. The summed E-state index contributed by atoms with van der Waals surface area (Å²) in [6, 6.07) is 6.40. The molecule has 0 spiro atoms. The number of nitrogens with zero attached hydrogens (tertiary/aromatic N) is 1. The number of hydrogen-bond acceptors (Lipinski definition) is 2. The van der Waals surface area contributed by atoms with E-state index in [-0.39, 0.29) is 0 Å². The number of fused-ring (bicyclic) bond motifs is 2. The molecule has 2 heteroatoms. The maximum atomic E-state index is 3.72. The number of nitrogens with one attached hydrogen (secondary N) is 1. The lowest BCUT2D eigenvalue weighted by molar-refractivity contribution is 0.133. The fraction of sp³-hybridized carbons (Fsp3) is 0.684. The molecule has 2 nitrogen and oxygen atoms in total. The molecule has 1 aromatic rings. The maximum Gasteiger partial charge on any atom is 0.0208 e. The van der Waals surface area contributed by atoms with Gasteiger partial charge in [0.25, 0.3) is 0 Å². The lowest BCUT2D eigenvalue weighted by atomic mass is 9.91. The molecular formula is C19H30N2. The van der Waals surface area contributed by atoms with E-state index in [0.29, 0.717) is 0 Å². The SMILES string of the molecule is Cc1cc(C)c(CNCC2CC3CCC(C2)N3C)cc1C. The van der Waals surface area contributed by atoms with Gasteiger partial charge >= 0.3 is 0 Å². The molecule has 3 rings (SSSR count). The second kappa shape index (κ2) is 6.10. The Bertz CT molecular complexity index is 495. The molecule has 0 amide bonds. The molecule has 0 saturated carbocycles. The van der Waals surface area contributed by atoms with Crippen molar-refractivity contribution < 1.29 is 0 Å². The molecule has 0 radical (unpaired) electrons. The quantitative estimate of drug-likeness (QED) is 0.910. The van der Waals surface area contributed by atoms with Crippen molar-refractivity contribution >= 4 is 0 Å². The van der Waals surface area contributed by atoms with Gasteiger partial charge in [-0.15, -0.1) is 0 Å². The van der Waals surface area contributed by atoms with Crippen LogP contribution in [0.25, 0.3) is 0 Å². The molecule has 1 aromatic carbocycles. The molecular weight excluding hydrogens is 256 g/mol. The second-order valence-electron chi connectivity index (χ2n) is 7.38. The fourth-order valence-electron chi connectivity index (χ4n) is 4.31. The van der Waals surface area contributed by atoms with Gasteiger partial charge in [0.2, 0.25) is 0 Å². The van der Waals surface area contributed by atoms with E-state index in [2.05, 4.69) is 50.2 Å². The molecule has 0 aliphatic carbocycles. The van der Waals surface area contributed by atoms with Crippen LogP contribution in [0, 0.1) is 26.7 Å². The first-order valence-corrected chi connectivity index (χ1v) is 8.54. The van der Waals surface area contributed by atoms with E-state index in [1.807, 2.05) is 0 Å². The lowest BCUT2D eigenvalue weighted by Crippen LogP contribution is -2.42. The van der Waals surface area contributed by atoms with Crippen LogP contribution in [0.2, 0.25) is 0 Å². The van der Waals surface area contributed by atoms with Crippen LogP contribution in [0.4, 0.5) is 0 Å². The maximum absolute atomic E-state index is 3.72. The van der Waals surface area contributed by atoms with Crippen molar-refractivity contribution in [3.05, 3.63) is 34.4 Å². The summed E-state index contributed by atoms with van der Waals surface area (Å²) in [5.41, 5.74) is 5.71. The van der Waals surface area contributed by atoms with Gasteiger partial charge in [-0.1, -0.05) is 12.1 Å². The van der Waals surface area contributed by atoms with Crippen molar-refractivity contribution in [2.45, 2.75) is 65.1 Å². The van der Waals surface area contributed by atoms with Gasteiger partial charge in [0, 0.05) is 18.6 Å². The molecule has 2 atom stereocenters. The zero-order chi connectivity index (χ0) is 15.0. The molecule has 2 unspecified atom stereocenters. The van der Waals surface area contributed by atoms with Gasteiger partial charge in [-0.25, -0.2) is 0 Å². The minimum absolute atomic E-state index is 0.860. The second-order valence-corrected chi connectivity index (χ2v) is 7.38. The summed E-state index contributed by atoms with van der Waals surface area (Å²) in [5, 5.41) is 3.72. The van der Waals surface area contributed by atoms with Crippen LogP contribution in [-0.4, -0.2) is 30.6 Å². The fourth-order valence-corrected chi connectivity index (χ4v) is 4.31. The smallest absolute Gasteiger partial charge is 0.0208 e. The van der Waals surface area contributed by atoms with Gasteiger partial charge in [0.1, 0.15) is 0 Å². The van der Waals surface area contributed by atoms with E-state index in [0.717, 1.165) is 24.5 Å². The van der Waals surface area contributed by atoms with Gasteiger partial charge in [-0.3, -0.25) is 0 Å². The first kappa shape index (κ1) is 15.1. The van der Waals surface area contributed by atoms with E-state index in [1.54, 1.807) is 0 Å². The Balaban J connectivity index is 1.52. The van der Waals surface area contributed by atoms with E-state index >= 15 is 0 Å². The zero-order valence-corrected chi connectivity index (χ0v) is 14.1. The van der Waals surface area contributed by atoms with Crippen LogP contribution in [0.15, 0.2) is 12.1 Å². The van der Waals surface area contributed by atoms with Gasteiger partial charge in [0.15, 0.2) is 0 Å². The standard InChI is InChI=1S/C19H30N2/c1-13-7-15(3)17(8-14(13)2)12-20-11-16-9-18-5-6-19(10-16)21(18)4/h7-8,16,18-20H,5-6,9-12H2,1-4H3. The monoisotopic (exact) mass is 286 g/mol. The van der Waals surface area contributed by atoms with Crippen LogP contribution in [0.3, 0.4) is 0 Å². The van der Waals surface area contributed by atoms with E-state index in [9.17, 15) is 0 Å². The summed E-state index contributed by atoms with van der Waals surface area (Å²) in [6.07, 6.45) is 5.64. The highest BCUT2D eigenvalue weighted by Crippen LogP contribution is 2.37. The minimum Gasteiger partial charge on any atom is -0.312 e. The molecule has 1 N–H and O–H groups in total. The molecule has 116 valence electrons. The third-order valence-corrected chi connectivity index (χ3v) is 5.90. The molecule has 21 heavy (non-hydrogen) atoms. The molecule has 2 aliphatic rings. The van der Waals surface area contributed by atoms with Gasteiger partial charge in [0.05, 0.1) is 0 Å². The van der Waals surface area contributed by atoms with E-state index in [1.165, 1.54) is 54.5 Å². The Morgan fingerprint density at radius 3 is 2.29 bits per heavy atom.